The van der Waals surface area contributed by atoms with Gasteiger partial charge in [-0.15, -0.1) is 0 Å². The number of urea groups is 1. The summed E-state index contributed by atoms with van der Waals surface area (Å²) in [4.78, 5) is 35.4. The third-order valence-electron chi connectivity index (χ3n) is 7.63. The molecule has 3 aliphatic heterocycles. The Balaban J connectivity index is 1.51. The van der Waals surface area contributed by atoms with Gasteiger partial charge in [-0.3, -0.25) is 9.69 Å². The minimum atomic E-state index is -0.408. The Bertz CT molecular complexity index is 1130. The number of carbonyl (C=O) groups excluding carboxylic acids is 2. The zero-order chi connectivity index (χ0) is 24.0. The first kappa shape index (κ1) is 22.4. The first-order valence-corrected chi connectivity index (χ1v) is 11.9. The minimum Gasteiger partial charge on any atom is -0.497 e. The molecular formula is C26H32N4O4. The second-order valence-corrected chi connectivity index (χ2v) is 9.28. The lowest BCUT2D eigenvalue weighted by atomic mass is 9.82. The first-order valence-electron chi connectivity index (χ1n) is 11.9. The Labute approximate surface area is 200 Å². The highest BCUT2D eigenvalue weighted by Crippen LogP contribution is 2.49. The first-order chi connectivity index (χ1) is 16.4. The van der Waals surface area contributed by atoms with Gasteiger partial charge in [-0.25, -0.2) is 4.79 Å². The van der Waals surface area contributed by atoms with Crippen LogP contribution in [-0.4, -0.2) is 71.0 Å². The monoisotopic (exact) mass is 464 g/mol. The Morgan fingerprint density at radius 3 is 2.59 bits per heavy atom. The molecule has 2 saturated heterocycles. The molecule has 5 rings (SSSR count). The lowest BCUT2D eigenvalue weighted by molar-refractivity contribution is 0.0575. The third-order valence-corrected chi connectivity index (χ3v) is 7.63. The number of carbonyl (C=O) groups is 2. The quantitative estimate of drug-likeness (QED) is 0.743. The highest BCUT2D eigenvalue weighted by Gasteiger charge is 2.55. The van der Waals surface area contributed by atoms with Crippen LogP contribution in [-0.2, 0) is 6.54 Å². The van der Waals surface area contributed by atoms with Crippen molar-refractivity contribution in [2.75, 3.05) is 33.9 Å². The number of nitrogens with zero attached hydrogens (tertiary/aromatic N) is 3. The molecule has 34 heavy (non-hydrogen) atoms. The van der Waals surface area contributed by atoms with Gasteiger partial charge in [0.05, 0.1) is 31.9 Å². The number of amides is 3. The molecule has 8 nitrogen and oxygen atoms in total. The molecule has 1 atom stereocenters. The number of fused-ring (bicyclic) bond motifs is 3. The van der Waals surface area contributed by atoms with Crippen LogP contribution in [0.3, 0.4) is 0 Å². The number of H-pyrrole nitrogens is 1. The molecule has 180 valence electrons. The maximum Gasteiger partial charge on any atom is 0.325 e. The van der Waals surface area contributed by atoms with Gasteiger partial charge in [-0.05, 0) is 37.5 Å². The fourth-order valence-corrected chi connectivity index (χ4v) is 5.98. The number of benzene rings is 1. The van der Waals surface area contributed by atoms with Gasteiger partial charge in [0.2, 0.25) is 0 Å². The van der Waals surface area contributed by atoms with Crippen LogP contribution in [0.15, 0.2) is 42.4 Å². The van der Waals surface area contributed by atoms with Gasteiger partial charge in [0, 0.05) is 55.3 Å². The lowest BCUT2D eigenvalue weighted by Gasteiger charge is -2.44. The van der Waals surface area contributed by atoms with E-state index in [9.17, 15) is 9.59 Å². The largest absolute Gasteiger partial charge is 0.497 e. The van der Waals surface area contributed by atoms with Crippen molar-refractivity contribution < 1.29 is 19.1 Å². The second kappa shape index (κ2) is 8.42. The summed E-state index contributed by atoms with van der Waals surface area (Å²) in [6.45, 7) is 6.51. The fourth-order valence-electron chi connectivity index (χ4n) is 5.98. The summed E-state index contributed by atoms with van der Waals surface area (Å²) in [5.41, 5.74) is 3.45. The van der Waals surface area contributed by atoms with Crippen molar-refractivity contribution in [3.63, 3.8) is 0 Å². The topological polar surface area (TPSA) is 78.1 Å². The normalized spacial score (nSPS) is 21.2. The number of likely N-dealkylation sites (N-methyl/N-ethyl adjacent to an activating group) is 1. The number of methoxy groups -OCH3 is 2. The van der Waals surface area contributed by atoms with Crippen LogP contribution in [0, 0.1) is 0 Å². The molecule has 0 aliphatic carbocycles. The molecular weight excluding hydrogens is 432 g/mol. The zero-order valence-electron chi connectivity index (χ0n) is 20.3. The molecule has 0 radical (unpaired) electrons. The number of nitrogens with one attached hydrogen (secondary N) is 1. The average molecular weight is 465 g/mol. The third kappa shape index (κ3) is 3.27. The zero-order valence-corrected chi connectivity index (χ0v) is 20.3. The van der Waals surface area contributed by atoms with Crippen LogP contribution in [0.5, 0.6) is 11.5 Å². The van der Waals surface area contributed by atoms with Crippen LogP contribution in [0.4, 0.5) is 4.79 Å². The van der Waals surface area contributed by atoms with Gasteiger partial charge in [-0.1, -0.05) is 13.0 Å². The summed E-state index contributed by atoms with van der Waals surface area (Å²) in [5.74, 6) is 1.60. The summed E-state index contributed by atoms with van der Waals surface area (Å²) >= 11 is 0. The van der Waals surface area contributed by atoms with Crippen LogP contribution in [0.1, 0.15) is 54.1 Å². The van der Waals surface area contributed by atoms with Gasteiger partial charge in [0.25, 0.3) is 5.91 Å². The summed E-state index contributed by atoms with van der Waals surface area (Å²) in [5, 5.41) is 0. The molecule has 0 unspecified atom stereocenters. The van der Waals surface area contributed by atoms with Crippen LogP contribution in [0.2, 0.25) is 0 Å². The van der Waals surface area contributed by atoms with E-state index in [-0.39, 0.29) is 17.9 Å². The van der Waals surface area contributed by atoms with Crippen molar-refractivity contribution in [2.45, 2.75) is 44.7 Å². The Morgan fingerprint density at radius 1 is 1.21 bits per heavy atom. The Hall–Kier alpha value is -3.42. The van der Waals surface area contributed by atoms with E-state index >= 15 is 0 Å². The summed E-state index contributed by atoms with van der Waals surface area (Å²) in [6.07, 6.45) is 7.17. The van der Waals surface area contributed by atoms with E-state index in [0.717, 1.165) is 28.3 Å². The number of aromatic nitrogens is 1. The number of hydrogen-bond acceptors (Lipinski definition) is 4. The minimum absolute atomic E-state index is 0.0287. The molecule has 3 aliphatic rings. The number of hydrogen-bond donors (Lipinski definition) is 1. The van der Waals surface area contributed by atoms with E-state index in [2.05, 4.69) is 18.0 Å². The van der Waals surface area contributed by atoms with Gasteiger partial charge >= 0.3 is 6.03 Å². The predicted molar refractivity (Wildman–Crippen MR) is 128 cm³/mol. The molecule has 1 spiro atoms. The van der Waals surface area contributed by atoms with E-state index in [0.29, 0.717) is 44.6 Å². The van der Waals surface area contributed by atoms with Crippen molar-refractivity contribution in [1.82, 2.24) is 19.7 Å². The van der Waals surface area contributed by atoms with Crippen LogP contribution < -0.4 is 9.47 Å². The summed E-state index contributed by atoms with van der Waals surface area (Å²) < 4.78 is 11.2. The smallest absolute Gasteiger partial charge is 0.325 e. The van der Waals surface area contributed by atoms with E-state index < -0.39 is 5.54 Å². The molecule has 8 heteroatoms. The molecule has 0 bridgehead atoms. The molecule has 1 N–H and O–H groups in total. The predicted octanol–water partition coefficient (Wildman–Crippen LogP) is 3.97. The van der Waals surface area contributed by atoms with E-state index in [4.69, 9.17) is 9.47 Å². The van der Waals surface area contributed by atoms with E-state index in [1.807, 2.05) is 33.8 Å². The van der Waals surface area contributed by atoms with Gasteiger partial charge in [0.15, 0.2) is 0 Å². The van der Waals surface area contributed by atoms with Crippen LogP contribution >= 0.6 is 0 Å². The van der Waals surface area contributed by atoms with E-state index in [1.165, 1.54) is 0 Å². The van der Waals surface area contributed by atoms with Crippen molar-refractivity contribution in [1.29, 1.82) is 0 Å². The highest BCUT2D eigenvalue weighted by molar-refractivity contribution is 5.94. The molecule has 2 aromatic rings. The molecule has 1 aromatic heterocycles. The summed E-state index contributed by atoms with van der Waals surface area (Å²) in [6, 6.07) is 5.75. The number of piperidine rings is 1. The molecule has 0 saturated carbocycles. The van der Waals surface area contributed by atoms with Crippen molar-refractivity contribution in [2.24, 2.45) is 0 Å². The number of likely N-dealkylation sites (tertiary alicyclic amines) is 1. The van der Waals surface area contributed by atoms with Crippen molar-refractivity contribution in [3.8, 4) is 11.5 Å². The highest BCUT2D eigenvalue weighted by atomic mass is 16.5. The van der Waals surface area contributed by atoms with Crippen LogP contribution in [0.25, 0.3) is 0 Å². The maximum atomic E-state index is 13.7. The number of ether oxygens (including phenoxy) is 2. The summed E-state index contributed by atoms with van der Waals surface area (Å²) in [7, 11) is 3.31. The van der Waals surface area contributed by atoms with Crippen molar-refractivity contribution in [3.05, 3.63) is 59.1 Å². The van der Waals surface area contributed by atoms with Crippen molar-refractivity contribution >= 4 is 11.9 Å². The average Bonchev–Trinajstić information content (AvgIpc) is 3.42. The number of rotatable bonds is 4. The van der Waals surface area contributed by atoms with E-state index in [1.54, 1.807) is 32.7 Å². The second-order valence-electron chi connectivity index (χ2n) is 9.28. The number of aromatic amines is 1. The fraction of sp³-hybridized carbons (Fsp3) is 0.462. The Kier molecular flexibility index (Phi) is 5.54. The van der Waals surface area contributed by atoms with Gasteiger partial charge in [0.1, 0.15) is 11.5 Å². The maximum absolute atomic E-state index is 13.7. The lowest BCUT2D eigenvalue weighted by Crippen LogP contribution is -2.54. The number of allylic oxidation sites excluding steroid dienone is 1. The van der Waals surface area contributed by atoms with Gasteiger partial charge < -0.3 is 24.3 Å². The molecule has 3 amide bonds. The molecule has 2 fully saturated rings. The molecule has 1 aromatic carbocycles. The standard InChI is InChI=1S/C26H32N4O4/c1-5-30-25(32)29-16-19-13-20(33-3)14-21(34-4)23(19)17(2)12-22(29)26(30)7-10-28(11-8-26)24(31)18-6-9-27-15-18/h6,9,12-15,17,27H,5,7-8,10-11,16H2,1-4H3/t17-/m0/s1. The van der Waals surface area contributed by atoms with Gasteiger partial charge in [-0.2, -0.15) is 0 Å². The molecule has 4 heterocycles. The Morgan fingerprint density at radius 2 is 1.97 bits per heavy atom. The SMILES string of the molecule is CCN1C(=O)N2Cc3cc(OC)cc(OC)c3[C@@H](C)C=C2C12CCN(C(=O)c1cc[nH]c1)CC2.